The number of fused-ring (bicyclic) bond motifs is 1. The zero-order valence-electron chi connectivity index (χ0n) is 18.0. The summed E-state index contributed by atoms with van der Waals surface area (Å²) >= 11 is 1.57. The van der Waals surface area contributed by atoms with E-state index in [0.717, 1.165) is 39.5 Å². The van der Waals surface area contributed by atoms with Gasteiger partial charge in [0.1, 0.15) is 10.7 Å². The van der Waals surface area contributed by atoms with Crippen molar-refractivity contribution in [3.63, 3.8) is 0 Å². The number of carbonyl (C=O) groups excluding carboxylic acids is 1. The minimum atomic E-state index is -0.0595. The number of aromatic amines is 1. The molecule has 0 radical (unpaired) electrons. The Bertz CT molecular complexity index is 1140. The van der Waals surface area contributed by atoms with Crippen LogP contribution in [0.1, 0.15) is 40.4 Å². The van der Waals surface area contributed by atoms with Crippen molar-refractivity contribution in [1.29, 1.82) is 0 Å². The van der Waals surface area contributed by atoms with Crippen LogP contribution in [-0.4, -0.2) is 51.9 Å². The molecule has 3 heterocycles. The third-order valence-corrected chi connectivity index (χ3v) is 7.37. The zero-order valence-corrected chi connectivity index (χ0v) is 18.8. The summed E-state index contributed by atoms with van der Waals surface area (Å²) in [6, 6.07) is 8.05. The summed E-state index contributed by atoms with van der Waals surface area (Å²) < 4.78 is 0. The number of rotatable bonds is 4. The molecule has 1 N–H and O–H groups in total. The molecule has 0 aliphatic carbocycles. The maximum atomic E-state index is 12.7. The van der Waals surface area contributed by atoms with Crippen molar-refractivity contribution in [3.05, 3.63) is 62.0 Å². The van der Waals surface area contributed by atoms with Gasteiger partial charge in [-0.2, -0.15) is 0 Å². The van der Waals surface area contributed by atoms with E-state index in [-0.39, 0.29) is 17.5 Å². The van der Waals surface area contributed by atoms with Crippen LogP contribution >= 0.6 is 11.3 Å². The van der Waals surface area contributed by atoms with Gasteiger partial charge in [-0.05, 0) is 44.4 Å². The second-order valence-corrected chi connectivity index (χ2v) is 9.31. The van der Waals surface area contributed by atoms with Gasteiger partial charge < -0.3 is 9.88 Å². The minimum absolute atomic E-state index is 0.00145. The summed E-state index contributed by atoms with van der Waals surface area (Å²) in [6.07, 6.45) is 0.449. The Hall–Kier alpha value is -2.51. The summed E-state index contributed by atoms with van der Waals surface area (Å²) in [5.41, 5.74) is 3.21. The van der Waals surface area contributed by atoms with Gasteiger partial charge in [-0.3, -0.25) is 14.5 Å². The fourth-order valence-electron chi connectivity index (χ4n) is 4.08. The average Bonchev–Trinajstić information content (AvgIpc) is 3.03. The highest BCUT2D eigenvalue weighted by molar-refractivity contribution is 7.18. The molecule has 1 fully saturated rings. The number of hydrogen-bond acceptors (Lipinski definition) is 5. The normalized spacial score (nSPS) is 16.2. The number of nitrogens with zero attached hydrogens (tertiary/aromatic N) is 3. The Morgan fingerprint density at radius 2 is 1.87 bits per heavy atom. The van der Waals surface area contributed by atoms with Gasteiger partial charge in [0.25, 0.3) is 5.56 Å². The van der Waals surface area contributed by atoms with Gasteiger partial charge in [0.2, 0.25) is 5.91 Å². The van der Waals surface area contributed by atoms with Gasteiger partial charge in [0, 0.05) is 31.1 Å². The molecule has 0 spiro atoms. The number of piperazine rings is 1. The van der Waals surface area contributed by atoms with Gasteiger partial charge in [-0.25, -0.2) is 4.98 Å². The summed E-state index contributed by atoms with van der Waals surface area (Å²) in [6.45, 7) is 11.0. The number of amides is 1. The number of hydrogen-bond donors (Lipinski definition) is 1. The Kier molecular flexibility index (Phi) is 5.75. The number of carbonyl (C=O) groups is 1. The van der Waals surface area contributed by atoms with E-state index in [1.54, 1.807) is 11.3 Å². The molecule has 0 bridgehead atoms. The van der Waals surface area contributed by atoms with Crippen molar-refractivity contribution in [2.24, 2.45) is 0 Å². The number of thiophene rings is 1. The third-order valence-electron chi connectivity index (χ3n) is 6.27. The fraction of sp³-hybridized carbons (Fsp3) is 0.435. The van der Waals surface area contributed by atoms with E-state index < -0.39 is 0 Å². The second kappa shape index (κ2) is 8.32. The molecule has 1 saturated heterocycles. The van der Waals surface area contributed by atoms with Crippen LogP contribution in [0, 0.1) is 20.8 Å². The van der Waals surface area contributed by atoms with Crippen LogP contribution in [0.15, 0.2) is 29.1 Å². The van der Waals surface area contributed by atoms with E-state index >= 15 is 0 Å². The van der Waals surface area contributed by atoms with E-state index in [2.05, 4.69) is 16.8 Å². The molecule has 1 aromatic carbocycles. The first-order chi connectivity index (χ1) is 14.3. The molecule has 30 heavy (non-hydrogen) atoms. The third kappa shape index (κ3) is 3.91. The largest absolute Gasteiger partial charge is 0.340 e. The monoisotopic (exact) mass is 424 g/mol. The molecule has 1 aliphatic rings. The maximum Gasteiger partial charge on any atom is 0.259 e. The molecule has 3 aromatic rings. The summed E-state index contributed by atoms with van der Waals surface area (Å²) in [7, 11) is 0. The molecule has 1 amide bonds. The van der Waals surface area contributed by atoms with Crippen LogP contribution in [0.5, 0.6) is 0 Å². The van der Waals surface area contributed by atoms with Gasteiger partial charge in [-0.15, -0.1) is 11.3 Å². The predicted octanol–water partition coefficient (Wildman–Crippen LogP) is 3.36. The first-order valence-corrected chi connectivity index (χ1v) is 11.2. The lowest BCUT2D eigenvalue weighted by molar-refractivity contribution is -0.132. The highest BCUT2D eigenvalue weighted by Crippen LogP contribution is 2.27. The Morgan fingerprint density at radius 3 is 2.57 bits per heavy atom. The highest BCUT2D eigenvalue weighted by Gasteiger charge is 2.26. The summed E-state index contributed by atoms with van der Waals surface area (Å²) in [5.74, 6) is 0.877. The van der Waals surface area contributed by atoms with E-state index in [4.69, 9.17) is 4.98 Å². The van der Waals surface area contributed by atoms with Crippen molar-refractivity contribution in [2.45, 2.75) is 40.2 Å². The zero-order chi connectivity index (χ0) is 21.4. The molecule has 7 heteroatoms. The second-order valence-electron chi connectivity index (χ2n) is 8.11. The van der Waals surface area contributed by atoms with Crippen LogP contribution in [0.3, 0.4) is 0 Å². The van der Waals surface area contributed by atoms with Gasteiger partial charge >= 0.3 is 0 Å². The number of nitrogens with one attached hydrogen (secondary N) is 1. The molecule has 2 aromatic heterocycles. The topological polar surface area (TPSA) is 69.3 Å². The Balaban J connectivity index is 1.42. The lowest BCUT2D eigenvalue weighted by atomic mass is 10.1. The molecule has 1 atom stereocenters. The lowest BCUT2D eigenvalue weighted by Gasteiger charge is -2.37. The van der Waals surface area contributed by atoms with E-state index in [0.29, 0.717) is 30.7 Å². The molecule has 4 rings (SSSR count). The predicted molar refractivity (Wildman–Crippen MR) is 121 cm³/mol. The van der Waals surface area contributed by atoms with Crippen molar-refractivity contribution in [2.75, 3.05) is 26.2 Å². The maximum absolute atomic E-state index is 12.7. The minimum Gasteiger partial charge on any atom is -0.340 e. The molecule has 158 valence electrons. The van der Waals surface area contributed by atoms with E-state index in [9.17, 15) is 9.59 Å². The van der Waals surface area contributed by atoms with Crippen LogP contribution in [0.25, 0.3) is 10.2 Å². The van der Waals surface area contributed by atoms with Crippen LogP contribution < -0.4 is 5.56 Å². The van der Waals surface area contributed by atoms with Crippen molar-refractivity contribution >= 4 is 27.5 Å². The number of benzene rings is 1. The first-order valence-electron chi connectivity index (χ1n) is 10.4. The van der Waals surface area contributed by atoms with Crippen molar-refractivity contribution in [3.8, 4) is 0 Å². The molecule has 1 aliphatic heterocycles. The molecular formula is C23H28N4O2S. The number of H-pyrrole nitrogens is 1. The quantitative estimate of drug-likeness (QED) is 0.697. The van der Waals surface area contributed by atoms with Crippen LogP contribution in [0.2, 0.25) is 0 Å². The first kappa shape index (κ1) is 20.8. The molecular weight excluding hydrogens is 396 g/mol. The van der Waals surface area contributed by atoms with Crippen molar-refractivity contribution in [1.82, 2.24) is 19.8 Å². The van der Waals surface area contributed by atoms with Gasteiger partial charge in [0.05, 0.1) is 17.8 Å². The highest BCUT2D eigenvalue weighted by atomic mass is 32.1. The fourth-order valence-corrected chi connectivity index (χ4v) is 5.12. The van der Waals surface area contributed by atoms with Gasteiger partial charge in [0.15, 0.2) is 0 Å². The SMILES string of the molecule is Cc1ccccc1CC(=O)N1CCN(C(C)c2nc3sc(C)c(C)c3c(=O)[nH]2)CC1. The van der Waals surface area contributed by atoms with E-state index in [1.807, 2.05) is 49.9 Å². The van der Waals surface area contributed by atoms with Crippen LogP contribution in [-0.2, 0) is 11.2 Å². The number of aryl methyl sites for hydroxylation is 3. The van der Waals surface area contributed by atoms with E-state index in [1.165, 1.54) is 0 Å². The van der Waals surface area contributed by atoms with Crippen LogP contribution in [0.4, 0.5) is 0 Å². The summed E-state index contributed by atoms with van der Waals surface area (Å²) in [5, 5.41) is 0.708. The Labute approximate surface area is 180 Å². The number of aromatic nitrogens is 2. The van der Waals surface area contributed by atoms with Gasteiger partial charge in [-0.1, -0.05) is 24.3 Å². The summed E-state index contributed by atoms with van der Waals surface area (Å²) in [4.78, 5) is 39.3. The molecule has 6 nitrogen and oxygen atoms in total. The Morgan fingerprint density at radius 1 is 1.17 bits per heavy atom. The average molecular weight is 425 g/mol. The standard InChI is InChI=1S/C23H28N4O2S/c1-14-7-5-6-8-18(14)13-19(28)27-11-9-26(10-12-27)16(3)21-24-22(29)20-15(2)17(4)30-23(20)25-21/h5-8,16H,9-13H2,1-4H3,(H,24,25,29). The molecule has 1 unspecified atom stereocenters. The molecule has 0 saturated carbocycles. The smallest absolute Gasteiger partial charge is 0.259 e. The lowest BCUT2D eigenvalue weighted by Crippen LogP contribution is -2.50. The van der Waals surface area contributed by atoms with Crippen molar-refractivity contribution < 1.29 is 4.79 Å².